The Morgan fingerprint density at radius 3 is 2.80 bits per heavy atom. The Kier molecular flexibility index (Phi) is 3.57. The highest BCUT2D eigenvalue weighted by molar-refractivity contribution is 5.73. The van der Waals surface area contributed by atoms with Crippen LogP contribution in [0.5, 0.6) is 0 Å². The summed E-state index contributed by atoms with van der Waals surface area (Å²) < 4.78 is 0. The highest BCUT2D eigenvalue weighted by atomic mass is 16.6. The van der Waals surface area contributed by atoms with Crippen LogP contribution in [0.3, 0.4) is 0 Å². The van der Waals surface area contributed by atoms with Crippen LogP contribution in [0.15, 0.2) is 18.2 Å². The molecule has 1 heterocycles. The molecule has 1 aliphatic heterocycles. The maximum atomic E-state index is 11.1. The van der Waals surface area contributed by atoms with E-state index in [0.29, 0.717) is 18.7 Å². The molecule has 20 heavy (non-hydrogen) atoms. The normalized spacial score (nSPS) is 21.5. The van der Waals surface area contributed by atoms with Crippen molar-refractivity contribution in [3.8, 4) is 6.07 Å². The summed E-state index contributed by atoms with van der Waals surface area (Å²) in [5, 5.41) is 28.9. The Balaban J connectivity index is 2.36. The van der Waals surface area contributed by atoms with Crippen LogP contribution in [0.4, 0.5) is 11.4 Å². The minimum atomic E-state index is -0.858. The minimum absolute atomic E-state index is 0.000356. The zero-order valence-corrected chi connectivity index (χ0v) is 10.8. The molecule has 104 valence electrons. The Morgan fingerprint density at radius 1 is 1.60 bits per heavy atom. The summed E-state index contributed by atoms with van der Waals surface area (Å²) in [6, 6.07) is 5.89. The smallest absolute Gasteiger partial charge is 0.308 e. The summed E-state index contributed by atoms with van der Waals surface area (Å²) in [6.45, 7) is 2.32. The van der Waals surface area contributed by atoms with E-state index in [4.69, 9.17) is 10.4 Å². The van der Waals surface area contributed by atoms with E-state index in [2.05, 4.69) is 0 Å². The van der Waals surface area contributed by atoms with Gasteiger partial charge in [-0.3, -0.25) is 14.9 Å². The number of rotatable bonds is 3. The van der Waals surface area contributed by atoms with Crippen LogP contribution in [-0.4, -0.2) is 28.6 Å². The second-order valence-corrected chi connectivity index (χ2v) is 4.74. The number of nitrogens with zero attached hydrogens (tertiary/aromatic N) is 3. The van der Waals surface area contributed by atoms with Crippen LogP contribution >= 0.6 is 0 Å². The first-order chi connectivity index (χ1) is 9.45. The van der Waals surface area contributed by atoms with E-state index in [9.17, 15) is 14.9 Å². The third-order valence-corrected chi connectivity index (χ3v) is 3.70. The van der Waals surface area contributed by atoms with E-state index in [1.807, 2.05) is 4.90 Å². The Labute approximate surface area is 115 Å². The molecule has 1 aliphatic rings. The van der Waals surface area contributed by atoms with Gasteiger partial charge in [-0.05, 0) is 25.5 Å². The van der Waals surface area contributed by atoms with E-state index in [0.717, 1.165) is 0 Å². The monoisotopic (exact) mass is 275 g/mol. The zero-order chi connectivity index (χ0) is 14.9. The molecule has 2 unspecified atom stereocenters. The topological polar surface area (TPSA) is 107 Å². The number of aliphatic carboxylic acids is 1. The Hall–Kier alpha value is -2.62. The fourth-order valence-electron chi connectivity index (χ4n) is 2.58. The largest absolute Gasteiger partial charge is 0.481 e. The van der Waals surface area contributed by atoms with Gasteiger partial charge < -0.3 is 10.0 Å². The molecule has 0 aliphatic carbocycles. The van der Waals surface area contributed by atoms with Gasteiger partial charge in [0.1, 0.15) is 11.6 Å². The SMILES string of the molecule is CC1C(C(=O)O)CCN1c1ccc(C#N)c([N+](=O)[O-])c1. The molecule has 7 nitrogen and oxygen atoms in total. The van der Waals surface area contributed by atoms with E-state index in [-0.39, 0.29) is 17.3 Å². The predicted molar refractivity (Wildman–Crippen MR) is 70.4 cm³/mol. The molecular formula is C13H13N3O4. The van der Waals surface area contributed by atoms with Crippen molar-refractivity contribution in [2.75, 3.05) is 11.4 Å². The van der Waals surface area contributed by atoms with E-state index >= 15 is 0 Å². The number of anilines is 1. The van der Waals surface area contributed by atoms with Crippen molar-refractivity contribution in [3.63, 3.8) is 0 Å². The van der Waals surface area contributed by atoms with Crippen molar-refractivity contribution in [1.29, 1.82) is 5.26 Å². The highest BCUT2D eigenvalue weighted by Crippen LogP contribution is 2.33. The van der Waals surface area contributed by atoms with Crippen molar-refractivity contribution in [2.45, 2.75) is 19.4 Å². The molecule has 1 aromatic carbocycles. The van der Waals surface area contributed by atoms with Crippen molar-refractivity contribution < 1.29 is 14.8 Å². The molecule has 0 bridgehead atoms. The Morgan fingerprint density at radius 2 is 2.30 bits per heavy atom. The van der Waals surface area contributed by atoms with Gasteiger partial charge >= 0.3 is 5.97 Å². The maximum Gasteiger partial charge on any atom is 0.308 e. The van der Waals surface area contributed by atoms with Crippen molar-refractivity contribution in [1.82, 2.24) is 0 Å². The number of nitro groups is 1. The summed E-state index contributed by atoms with van der Waals surface area (Å²) in [5.41, 5.74) is 0.323. The number of carboxylic acid groups (broad SMARTS) is 1. The molecule has 0 radical (unpaired) electrons. The molecule has 2 atom stereocenters. The number of carbonyl (C=O) groups is 1. The second-order valence-electron chi connectivity index (χ2n) is 4.74. The minimum Gasteiger partial charge on any atom is -0.481 e. The molecule has 1 aromatic rings. The molecule has 0 aromatic heterocycles. The van der Waals surface area contributed by atoms with Gasteiger partial charge in [0.15, 0.2) is 0 Å². The number of hydrogen-bond acceptors (Lipinski definition) is 5. The fraction of sp³-hybridized carbons (Fsp3) is 0.385. The fourth-order valence-corrected chi connectivity index (χ4v) is 2.58. The van der Waals surface area contributed by atoms with Gasteiger partial charge in [0.05, 0.1) is 10.8 Å². The van der Waals surface area contributed by atoms with Crippen LogP contribution in [-0.2, 0) is 4.79 Å². The van der Waals surface area contributed by atoms with Gasteiger partial charge in [0.2, 0.25) is 0 Å². The lowest BCUT2D eigenvalue weighted by atomic mass is 10.0. The number of nitro benzene ring substituents is 1. The van der Waals surface area contributed by atoms with Gasteiger partial charge in [0, 0.05) is 24.3 Å². The van der Waals surface area contributed by atoms with Crippen LogP contribution in [0.1, 0.15) is 18.9 Å². The zero-order valence-electron chi connectivity index (χ0n) is 10.8. The van der Waals surface area contributed by atoms with Crippen LogP contribution in [0.25, 0.3) is 0 Å². The lowest BCUT2D eigenvalue weighted by molar-refractivity contribution is -0.385. The molecule has 0 spiro atoms. The van der Waals surface area contributed by atoms with Gasteiger partial charge in [-0.25, -0.2) is 0 Å². The van der Waals surface area contributed by atoms with Crippen molar-refractivity contribution in [2.24, 2.45) is 5.92 Å². The van der Waals surface area contributed by atoms with E-state index < -0.39 is 16.8 Å². The molecule has 1 fully saturated rings. The maximum absolute atomic E-state index is 11.1. The van der Waals surface area contributed by atoms with Gasteiger partial charge in [-0.15, -0.1) is 0 Å². The first kappa shape index (κ1) is 13.8. The third-order valence-electron chi connectivity index (χ3n) is 3.70. The highest BCUT2D eigenvalue weighted by Gasteiger charge is 2.36. The molecule has 7 heteroatoms. The standard InChI is InChI=1S/C13H13N3O4/c1-8-11(13(17)18)4-5-15(8)10-3-2-9(7-14)12(6-10)16(19)20/h2-3,6,8,11H,4-5H2,1H3,(H,17,18). The van der Waals surface area contributed by atoms with E-state index in [1.165, 1.54) is 12.1 Å². The third kappa shape index (κ3) is 2.28. The summed E-state index contributed by atoms with van der Waals surface area (Å²) in [4.78, 5) is 23.3. The summed E-state index contributed by atoms with van der Waals surface area (Å²) in [5.74, 6) is -1.34. The van der Waals surface area contributed by atoms with Crippen LogP contribution in [0, 0.1) is 27.4 Å². The number of carboxylic acids is 1. The average Bonchev–Trinajstić information content (AvgIpc) is 2.79. The van der Waals surface area contributed by atoms with Gasteiger partial charge in [0.25, 0.3) is 5.69 Å². The van der Waals surface area contributed by atoms with E-state index in [1.54, 1.807) is 19.1 Å². The number of benzene rings is 1. The molecule has 0 amide bonds. The quantitative estimate of drug-likeness (QED) is 0.665. The molecule has 2 rings (SSSR count). The molecule has 1 saturated heterocycles. The molecular weight excluding hydrogens is 262 g/mol. The Bertz CT molecular complexity index is 608. The predicted octanol–water partition coefficient (Wildman–Crippen LogP) is 1.77. The average molecular weight is 275 g/mol. The summed E-state index contributed by atoms with van der Waals surface area (Å²) in [7, 11) is 0. The lowest BCUT2D eigenvalue weighted by Gasteiger charge is -2.25. The lowest BCUT2D eigenvalue weighted by Crippen LogP contribution is -2.32. The summed E-state index contributed by atoms with van der Waals surface area (Å²) in [6.07, 6.45) is 0.504. The molecule has 1 N–H and O–H groups in total. The van der Waals surface area contributed by atoms with Crippen LogP contribution in [0.2, 0.25) is 0 Å². The van der Waals surface area contributed by atoms with Crippen LogP contribution < -0.4 is 4.90 Å². The first-order valence-electron chi connectivity index (χ1n) is 6.13. The van der Waals surface area contributed by atoms with Gasteiger partial charge in [-0.1, -0.05) is 0 Å². The molecule has 0 saturated carbocycles. The second kappa shape index (κ2) is 5.17. The van der Waals surface area contributed by atoms with Gasteiger partial charge in [-0.2, -0.15) is 5.26 Å². The van der Waals surface area contributed by atoms with Crippen molar-refractivity contribution in [3.05, 3.63) is 33.9 Å². The number of nitriles is 1. The number of hydrogen-bond donors (Lipinski definition) is 1. The van der Waals surface area contributed by atoms with Crippen molar-refractivity contribution >= 4 is 17.3 Å². The first-order valence-corrected chi connectivity index (χ1v) is 6.13. The summed E-state index contributed by atoms with van der Waals surface area (Å²) >= 11 is 0.